The Labute approximate surface area is 178 Å². The molecule has 0 atom stereocenters. The van der Waals surface area contributed by atoms with Crippen molar-refractivity contribution in [1.29, 1.82) is 0 Å². The zero-order valence-electron chi connectivity index (χ0n) is 16.8. The van der Waals surface area contributed by atoms with E-state index in [0.29, 0.717) is 28.8 Å². The van der Waals surface area contributed by atoms with Gasteiger partial charge >= 0.3 is 6.01 Å². The Hall–Kier alpha value is -3.32. The first kappa shape index (κ1) is 20.0. The van der Waals surface area contributed by atoms with E-state index in [0.717, 1.165) is 23.1 Å². The fourth-order valence-corrected chi connectivity index (χ4v) is 3.13. The number of ether oxygens (including phenoxy) is 2. The number of hydrogen-bond donors (Lipinski definition) is 1. The molecule has 0 aliphatic carbocycles. The first-order valence-corrected chi connectivity index (χ1v) is 9.88. The Bertz CT molecular complexity index is 1200. The van der Waals surface area contributed by atoms with Crippen LogP contribution < -0.4 is 9.47 Å². The van der Waals surface area contributed by atoms with E-state index in [2.05, 4.69) is 15.0 Å². The van der Waals surface area contributed by atoms with Crippen molar-refractivity contribution in [1.82, 2.24) is 15.0 Å². The van der Waals surface area contributed by atoms with E-state index in [1.807, 2.05) is 20.8 Å². The van der Waals surface area contributed by atoms with Gasteiger partial charge in [0.25, 0.3) is 11.6 Å². The first-order valence-electron chi connectivity index (χ1n) is 9.50. The molecule has 2 heterocycles. The summed E-state index contributed by atoms with van der Waals surface area (Å²) in [6, 6.07) is 10.7. The number of phenolic OH excluding ortho intramolecular Hbond substituents is 1. The number of hydrogen-bond acceptors (Lipinski definition) is 7. The Morgan fingerprint density at radius 1 is 1.07 bits per heavy atom. The molecular weight excluding hydrogens is 406 g/mol. The summed E-state index contributed by atoms with van der Waals surface area (Å²) < 4.78 is 17.4. The first-order chi connectivity index (χ1) is 14.5. The van der Waals surface area contributed by atoms with E-state index < -0.39 is 0 Å². The maximum atomic E-state index is 10.0. The number of nitrogens with zero attached hydrogens (tertiary/aromatic N) is 3. The SMILES string of the molecule is CCCOc1nc(Oc2ccccc2Cl)nc2oc(-c3cc(C)c(O)c(C)c3)nc12. The molecule has 0 amide bonds. The standard InChI is InChI=1S/C22H20ClN3O4/c1-4-9-28-20-17-21(26-22(25-20)29-16-8-6-5-7-15(16)23)30-19(24-17)14-10-12(2)18(27)13(3)11-14/h5-8,10-11,27H,4,9H2,1-3H3. The average Bonchev–Trinajstić information content (AvgIpc) is 3.16. The average molecular weight is 426 g/mol. The minimum Gasteiger partial charge on any atom is -0.507 e. The second-order valence-corrected chi connectivity index (χ2v) is 7.23. The molecule has 0 fully saturated rings. The summed E-state index contributed by atoms with van der Waals surface area (Å²) in [6.07, 6.45) is 0.799. The normalized spacial score (nSPS) is 11.1. The molecule has 2 aromatic heterocycles. The Balaban J connectivity index is 1.80. The molecule has 0 saturated heterocycles. The third-order valence-corrected chi connectivity index (χ3v) is 4.74. The Kier molecular flexibility index (Phi) is 5.46. The number of fused-ring (bicyclic) bond motifs is 1. The predicted octanol–water partition coefficient (Wildman–Crippen LogP) is 5.84. The molecular formula is C22H20ClN3O4. The van der Waals surface area contributed by atoms with Crippen LogP contribution in [0.5, 0.6) is 23.4 Å². The van der Waals surface area contributed by atoms with Crippen molar-refractivity contribution in [3.8, 4) is 34.8 Å². The molecule has 2 aromatic carbocycles. The lowest BCUT2D eigenvalue weighted by Crippen LogP contribution is -2.01. The van der Waals surface area contributed by atoms with Gasteiger partial charge in [0.1, 0.15) is 11.5 Å². The van der Waals surface area contributed by atoms with E-state index in [1.165, 1.54) is 0 Å². The zero-order chi connectivity index (χ0) is 21.3. The second-order valence-electron chi connectivity index (χ2n) is 6.82. The van der Waals surface area contributed by atoms with Crippen LogP contribution in [0.25, 0.3) is 22.7 Å². The highest BCUT2D eigenvalue weighted by Gasteiger charge is 2.20. The topological polar surface area (TPSA) is 90.5 Å². The van der Waals surface area contributed by atoms with Crippen molar-refractivity contribution in [3.05, 3.63) is 52.5 Å². The summed E-state index contributed by atoms with van der Waals surface area (Å²) in [7, 11) is 0. The van der Waals surface area contributed by atoms with Gasteiger partial charge in [-0.3, -0.25) is 0 Å². The number of aromatic nitrogens is 3. The summed E-state index contributed by atoms with van der Waals surface area (Å²) in [6.45, 7) is 6.09. The largest absolute Gasteiger partial charge is 0.507 e. The van der Waals surface area contributed by atoms with Gasteiger partial charge in [-0.2, -0.15) is 9.97 Å². The van der Waals surface area contributed by atoms with E-state index in [-0.39, 0.29) is 23.4 Å². The van der Waals surface area contributed by atoms with Gasteiger partial charge in [-0.1, -0.05) is 30.7 Å². The Morgan fingerprint density at radius 2 is 1.80 bits per heavy atom. The van der Waals surface area contributed by atoms with Crippen molar-refractivity contribution in [2.24, 2.45) is 0 Å². The number of benzene rings is 2. The smallest absolute Gasteiger partial charge is 0.328 e. The van der Waals surface area contributed by atoms with Gasteiger partial charge in [-0.25, -0.2) is 4.98 Å². The summed E-state index contributed by atoms with van der Waals surface area (Å²) in [5.74, 6) is 1.29. The van der Waals surface area contributed by atoms with Gasteiger partial charge in [0.2, 0.25) is 5.89 Å². The summed E-state index contributed by atoms with van der Waals surface area (Å²) >= 11 is 6.17. The van der Waals surface area contributed by atoms with Crippen molar-refractivity contribution in [2.45, 2.75) is 27.2 Å². The lowest BCUT2D eigenvalue weighted by Gasteiger charge is -2.07. The minimum atomic E-state index is 0.0440. The van der Waals surface area contributed by atoms with Crippen LogP contribution in [0.4, 0.5) is 0 Å². The highest BCUT2D eigenvalue weighted by atomic mass is 35.5. The van der Waals surface area contributed by atoms with Crippen LogP contribution in [0.3, 0.4) is 0 Å². The molecule has 0 radical (unpaired) electrons. The van der Waals surface area contributed by atoms with Crippen LogP contribution in [0, 0.1) is 13.8 Å². The minimum absolute atomic E-state index is 0.0440. The monoisotopic (exact) mass is 425 g/mol. The maximum absolute atomic E-state index is 10.0. The zero-order valence-corrected chi connectivity index (χ0v) is 17.5. The molecule has 0 saturated carbocycles. The highest BCUT2D eigenvalue weighted by molar-refractivity contribution is 6.32. The van der Waals surface area contributed by atoms with Crippen molar-refractivity contribution in [2.75, 3.05) is 6.61 Å². The van der Waals surface area contributed by atoms with Gasteiger partial charge < -0.3 is 19.0 Å². The fourth-order valence-electron chi connectivity index (χ4n) is 2.95. The molecule has 4 rings (SSSR count). The van der Waals surface area contributed by atoms with Crippen LogP contribution >= 0.6 is 11.6 Å². The lowest BCUT2D eigenvalue weighted by molar-refractivity contribution is 0.302. The van der Waals surface area contributed by atoms with Crippen LogP contribution in [0.1, 0.15) is 24.5 Å². The Morgan fingerprint density at radius 3 is 2.50 bits per heavy atom. The van der Waals surface area contributed by atoms with E-state index in [9.17, 15) is 5.11 Å². The third-order valence-electron chi connectivity index (χ3n) is 4.43. The van der Waals surface area contributed by atoms with Gasteiger partial charge in [0, 0.05) is 5.56 Å². The predicted molar refractivity (Wildman–Crippen MR) is 113 cm³/mol. The summed E-state index contributed by atoms with van der Waals surface area (Å²) in [4.78, 5) is 13.2. The fraction of sp³-hybridized carbons (Fsp3) is 0.227. The van der Waals surface area contributed by atoms with Crippen molar-refractivity contribution < 1.29 is 19.0 Å². The summed E-state index contributed by atoms with van der Waals surface area (Å²) in [5, 5.41) is 10.5. The highest BCUT2D eigenvalue weighted by Crippen LogP contribution is 2.34. The van der Waals surface area contributed by atoms with E-state index >= 15 is 0 Å². The van der Waals surface area contributed by atoms with Gasteiger partial charge in [-0.05, 0) is 55.7 Å². The van der Waals surface area contributed by atoms with E-state index in [4.69, 9.17) is 25.5 Å². The molecule has 0 aliphatic heterocycles. The van der Waals surface area contributed by atoms with E-state index in [1.54, 1.807) is 36.4 Å². The molecule has 30 heavy (non-hydrogen) atoms. The van der Waals surface area contributed by atoms with Gasteiger partial charge in [0.05, 0.1) is 11.6 Å². The quantitative estimate of drug-likeness (QED) is 0.414. The number of para-hydroxylation sites is 1. The van der Waals surface area contributed by atoms with Gasteiger partial charge in [-0.15, -0.1) is 0 Å². The third kappa shape index (κ3) is 3.89. The molecule has 1 N–H and O–H groups in total. The number of halogens is 1. The molecule has 0 bridgehead atoms. The van der Waals surface area contributed by atoms with Crippen molar-refractivity contribution >= 4 is 22.8 Å². The van der Waals surface area contributed by atoms with Crippen LogP contribution in [0.15, 0.2) is 40.8 Å². The lowest BCUT2D eigenvalue weighted by atomic mass is 10.1. The van der Waals surface area contributed by atoms with Crippen molar-refractivity contribution in [3.63, 3.8) is 0 Å². The molecule has 4 aromatic rings. The molecule has 0 spiro atoms. The number of rotatable bonds is 6. The molecule has 0 aliphatic rings. The number of oxazole rings is 1. The molecule has 154 valence electrons. The number of aryl methyl sites for hydroxylation is 2. The number of phenols is 1. The van der Waals surface area contributed by atoms with Crippen LogP contribution in [-0.2, 0) is 0 Å². The summed E-state index contributed by atoms with van der Waals surface area (Å²) in [5.41, 5.74) is 2.80. The van der Waals surface area contributed by atoms with Crippen LogP contribution in [0.2, 0.25) is 5.02 Å². The number of aromatic hydroxyl groups is 1. The second kappa shape index (κ2) is 8.20. The molecule has 8 heteroatoms. The van der Waals surface area contributed by atoms with Gasteiger partial charge in [0.15, 0.2) is 5.52 Å². The van der Waals surface area contributed by atoms with Crippen LogP contribution in [-0.4, -0.2) is 26.7 Å². The molecule has 7 nitrogen and oxygen atoms in total. The maximum Gasteiger partial charge on any atom is 0.328 e. The molecule has 0 unspecified atom stereocenters.